The van der Waals surface area contributed by atoms with Gasteiger partial charge in [0, 0.05) is 24.4 Å². The van der Waals surface area contributed by atoms with Crippen LogP contribution in [0.4, 0.5) is 0 Å². The molecule has 1 N–H and O–H groups in total. The van der Waals surface area contributed by atoms with Gasteiger partial charge < -0.3 is 10.0 Å². The molecule has 1 amide bonds. The van der Waals surface area contributed by atoms with Crippen molar-refractivity contribution >= 4 is 17.2 Å². The highest BCUT2D eigenvalue weighted by Crippen LogP contribution is 2.22. The highest BCUT2D eigenvalue weighted by Gasteiger charge is 2.29. The molecule has 0 unspecified atom stereocenters. The monoisotopic (exact) mass is 267 g/mol. The molecule has 1 aromatic heterocycles. The fourth-order valence-corrected chi connectivity index (χ4v) is 3.02. The lowest BCUT2D eigenvalue weighted by Crippen LogP contribution is -2.45. The van der Waals surface area contributed by atoms with Crippen molar-refractivity contribution in [1.82, 2.24) is 4.90 Å². The van der Waals surface area contributed by atoms with E-state index >= 15 is 0 Å². The summed E-state index contributed by atoms with van der Waals surface area (Å²) < 4.78 is 0. The van der Waals surface area contributed by atoms with Crippen molar-refractivity contribution in [2.24, 2.45) is 0 Å². The SMILES string of the molecule is CC1(O)CCN(C(=O)CCCc2cccs2)CC1. The van der Waals surface area contributed by atoms with E-state index in [9.17, 15) is 9.90 Å². The normalized spacial score (nSPS) is 18.9. The summed E-state index contributed by atoms with van der Waals surface area (Å²) in [5, 5.41) is 11.9. The molecule has 0 aromatic carbocycles. The van der Waals surface area contributed by atoms with E-state index in [-0.39, 0.29) is 5.91 Å². The Kier molecular flexibility index (Phi) is 4.40. The number of carbonyl (C=O) groups is 1. The molecular weight excluding hydrogens is 246 g/mol. The molecule has 0 spiro atoms. The lowest BCUT2D eigenvalue weighted by atomic mass is 9.93. The molecule has 18 heavy (non-hydrogen) atoms. The van der Waals surface area contributed by atoms with Gasteiger partial charge >= 0.3 is 0 Å². The number of hydrogen-bond donors (Lipinski definition) is 1. The molecule has 100 valence electrons. The highest BCUT2D eigenvalue weighted by molar-refractivity contribution is 7.09. The van der Waals surface area contributed by atoms with Crippen LogP contribution in [0.1, 0.15) is 37.5 Å². The molecule has 1 aromatic rings. The maximum Gasteiger partial charge on any atom is 0.222 e. The second-order valence-corrected chi connectivity index (χ2v) is 6.34. The number of thiophene rings is 1. The first-order chi connectivity index (χ1) is 8.57. The van der Waals surface area contributed by atoms with Gasteiger partial charge in [-0.2, -0.15) is 0 Å². The van der Waals surface area contributed by atoms with Crippen LogP contribution in [0.15, 0.2) is 17.5 Å². The Morgan fingerprint density at radius 1 is 1.50 bits per heavy atom. The topological polar surface area (TPSA) is 40.5 Å². The molecular formula is C14H21NO2S. The lowest BCUT2D eigenvalue weighted by Gasteiger charge is -2.35. The minimum atomic E-state index is -0.576. The average molecular weight is 267 g/mol. The van der Waals surface area contributed by atoms with Crippen LogP contribution in [-0.4, -0.2) is 34.6 Å². The van der Waals surface area contributed by atoms with Gasteiger partial charge in [-0.05, 0) is 44.1 Å². The molecule has 0 aliphatic carbocycles. The van der Waals surface area contributed by atoms with Gasteiger partial charge in [0.05, 0.1) is 5.60 Å². The number of carbonyl (C=O) groups excluding carboxylic acids is 1. The van der Waals surface area contributed by atoms with Crippen LogP contribution >= 0.6 is 11.3 Å². The van der Waals surface area contributed by atoms with Gasteiger partial charge in [0.15, 0.2) is 0 Å². The Hall–Kier alpha value is -0.870. The summed E-state index contributed by atoms with van der Waals surface area (Å²) in [6.45, 7) is 3.25. The summed E-state index contributed by atoms with van der Waals surface area (Å²) in [7, 11) is 0. The molecule has 2 heterocycles. The van der Waals surface area contributed by atoms with Crippen molar-refractivity contribution in [2.75, 3.05) is 13.1 Å². The fraction of sp³-hybridized carbons (Fsp3) is 0.643. The molecule has 2 rings (SSSR count). The Morgan fingerprint density at radius 2 is 2.22 bits per heavy atom. The zero-order valence-electron chi connectivity index (χ0n) is 10.9. The number of nitrogens with zero attached hydrogens (tertiary/aromatic N) is 1. The van der Waals surface area contributed by atoms with E-state index < -0.39 is 5.60 Å². The second kappa shape index (κ2) is 5.85. The predicted molar refractivity (Wildman–Crippen MR) is 73.7 cm³/mol. The van der Waals surface area contributed by atoms with E-state index in [0.29, 0.717) is 32.4 Å². The molecule has 0 radical (unpaired) electrons. The minimum absolute atomic E-state index is 0.238. The maximum absolute atomic E-state index is 12.0. The first-order valence-electron chi connectivity index (χ1n) is 6.59. The van der Waals surface area contributed by atoms with Crippen molar-refractivity contribution in [3.05, 3.63) is 22.4 Å². The summed E-state index contributed by atoms with van der Waals surface area (Å²) >= 11 is 1.75. The number of rotatable bonds is 4. The minimum Gasteiger partial charge on any atom is -0.390 e. The molecule has 0 atom stereocenters. The molecule has 1 fully saturated rings. The van der Waals surface area contributed by atoms with Gasteiger partial charge in [-0.3, -0.25) is 4.79 Å². The Labute approximate surface area is 112 Å². The van der Waals surface area contributed by atoms with Gasteiger partial charge in [-0.1, -0.05) is 6.07 Å². The standard InChI is InChI=1S/C14H21NO2S/c1-14(17)7-9-15(10-8-14)13(16)6-2-4-12-5-3-11-18-12/h3,5,11,17H,2,4,6-10H2,1H3. The zero-order chi connectivity index (χ0) is 13.0. The number of aryl methyl sites for hydroxylation is 1. The molecule has 1 saturated heterocycles. The third kappa shape index (κ3) is 3.82. The van der Waals surface area contributed by atoms with Gasteiger partial charge in [-0.15, -0.1) is 11.3 Å². The lowest BCUT2D eigenvalue weighted by molar-refractivity contribution is -0.135. The van der Waals surface area contributed by atoms with Gasteiger partial charge in [0.2, 0.25) is 5.91 Å². The quantitative estimate of drug-likeness (QED) is 0.910. The van der Waals surface area contributed by atoms with Crippen molar-refractivity contribution in [1.29, 1.82) is 0 Å². The van der Waals surface area contributed by atoms with E-state index in [1.54, 1.807) is 11.3 Å². The summed E-state index contributed by atoms with van der Waals surface area (Å²) in [5.74, 6) is 0.238. The smallest absolute Gasteiger partial charge is 0.222 e. The third-order valence-corrected chi connectivity index (χ3v) is 4.52. The summed E-state index contributed by atoms with van der Waals surface area (Å²) in [6, 6.07) is 4.17. The largest absolute Gasteiger partial charge is 0.390 e. The number of aliphatic hydroxyl groups is 1. The van der Waals surface area contributed by atoms with Crippen LogP contribution in [-0.2, 0) is 11.2 Å². The maximum atomic E-state index is 12.0. The summed E-state index contributed by atoms with van der Waals surface area (Å²) in [6.07, 6.45) is 3.94. The van der Waals surface area contributed by atoms with E-state index in [1.807, 2.05) is 11.8 Å². The number of amides is 1. The molecule has 3 nitrogen and oxygen atoms in total. The third-order valence-electron chi connectivity index (χ3n) is 3.59. The second-order valence-electron chi connectivity index (χ2n) is 5.31. The first-order valence-corrected chi connectivity index (χ1v) is 7.47. The summed E-state index contributed by atoms with van der Waals surface area (Å²) in [5.41, 5.74) is -0.576. The van der Waals surface area contributed by atoms with Crippen LogP contribution in [0.3, 0.4) is 0 Å². The average Bonchev–Trinajstić information content (AvgIpc) is 2.82. The first kappa shape index (κ1) is 13.6. The highest BCUT2D eigenvalue weighted by atomic mass is 32.1. The van der Waals surface area contributed by atoms with E-state index in [0.717, 1.165) is 12.8 Å². The van der Waals surface area contributed by atoms with Gasteiger partial charge in [0.25, 0.3) is 0 Å². The Balaban J connectivity index is 1.69. The van der Waals surface area contributed by atoms with Crippen LogP contribution < -0.4 is 0 Å². The Bertz CT molecular complexity index is 377. The van der Waals surface area contributed by atoms with Crippen LogP contribution in [0.5, 0.6) is 0 Å². The van der Waals surface area contributed by atoms with Gasteiger partial charge in [0.1, 0.15) is 0 Å². The van der Waals surface area contributed by atoms with Crippen molar-refractivity contribution in [3.63, 3.8) is 0 Å². The molecule has 0 saturated carbocycles. The molecule has 1 aliphatic heterocycles. The van der Waals surface area contributed by atoms with Crippen molar-refractivity contribution in [3.8, 4) is 0 Å². The fourth-order valence-electron chi connectivity index (χ4n) is 2.26. The van der Waals surface area contributed by atoms with Crippen molar-refractivity contribution in [2.45, 2.75) is 44.6 Å². The predicted octanol–water partition coefficient (Wildman–Crippen LogP) is 2.44. The van der Waals surface area contributed by atoms with Crippen LogP contribution in [0, 0.1) is 0 Å². The van der Waals surface area contributed by atoms with Crippen LogP contribution in [0.25, 0.3) is 0 Å². The number of hydrogen-bond acceptors (Lipinski definition) is 3. The molecule has 1 aliphatic rings. The number of piperidine rings is 1. The van der Waals surface area contributed by atoms with Crippen LogP contribution in [0.2, 0.25) is 0 Å². The van der Waals surface area contributed by atoms with E-state index in [4.69, 9.17) is 0 Å². The zero-order valence-corrected chi connectivity index (χ0v) is 11.7. The van der Waals surface area contributed by atoms with E-state index in [1.165, 1.54) is 4.88 Å². The molecule has 4 heteroatoms. The van der Waals surface area contributed by atoms with E-state index in [2.05, 4.69) is 17.5 Å². The summed E-state index contributed by atoms with van der Waals surface area (Å²) in [4.78, 5) is 15.2. The molecule has 0 bridgehead atoms. The number of likely N-dealkylation sites (tertiary alicyclic amines) is 1. The van der Waals surface area contributed by atoms with Crippen molar-refractivity contribution < 1.29 is 9.90 Å². The Morgan fingerprint density at radius 3 is 2.83 bits per heavy atom. The van der Waals surface area contributed by atoms with Gasteiger partial charge in [-0.25, -0.2) is 0 Å².